The first-order valence-electron chi connectivity index (χ1n) is 5.02. The van der Waals surface area contributed by atoms with Gasteiger partial charge in [0.05, 0.1) is 5.02 Å². The molecule has 0 radical (unpaired) electrons. The number of aromatic nitrogens is 1. The molecule has 1 aromatic heterocycles. The Morgan fingerprint density at radius 1 is 1.56 bits per heavy atom. The van der Waals surface area contributed by atoms with E-state index in [0.29, 0.717) is 11.7 Å². The summed E-state index contributed by atoms with van der Waals surface area (Å²) in [5.74, 6) is -0.00365. The Morgan fingerprint density at radius 2 is 2.19 bits per heavy atom. The summed E-state index contributed by atoms with van der Waals surface area (Å²) in [6.07, 6.45) is 0. The molecule has 0 atom stereocenters. The normalized spacial score (nSPS) is 10.6. The third-order valence-corrected chi connectivity index (χ3v) is 2.37. The summed E-state index contributed by atoms with van der Waals surface area (Å²) >= 11 is 5.74. The second-order valence-electron chi connectivity index (χ2n) is 4.08. The molecule has 0 spiro atoms. The first-order chi connectivity index (χ1) is 7.41. The number of carboxylic acid groups (broad SMARTS) is 1. The molecule has 0 aliphatic rings. The Kier molecular flexibility index (Phi) is 4.12. The van der Waals surface area contributed by atoms with Crippen LogP contribution in [0.1, 0.15) is 24.3 Å². The lowest BCUT2D eigenvalue weighted by atomic mass is 10.2. The van der Waals surface area contributed by atoms with Crippen molar-refractivity contribution in [3.63, 3.8) is 0 Å². The van der Waals surface area contributed by atoms with Crippen LogP contribution in [0.3, 0.4) is 0 Å². The van der Waals surface area contributed by atoms with Crippen molar-refractivity contribution in [2.75, 3.05) is 18.5 Å². The SMILES string of the molecule is CC(C)CN(C)c1ccc(Cl)c(C(=O)O)n1. The second-order valence-corrected chi connectivity index (χ2v) is 4.49. The number of carboxylic acids is 1. The Bertz CT molecular complexity index is 394. The standard InChI is InChI=1S/C11H15ClN2O2/c1-7(2)6-14(3)9-5-4-8(12)10(13-9)11(15)16/h4-5,7H,6H2,1-3H3,(H,15,16). The summed E-state index contributed by atoms with van der Waals surface area (Å²) in [5, 5.41) is 9.05. The van der Waals surface area contributed by atoms with E-state index >= 15 is 0 Å². The van der Waals surface area contributed by atoms with Crippen LogP contribution in [0.4, 0.5) is 5.82 Å². The lowest BCUT2D eigenvalue weighted by Gasteiger charge is -2.20. The smallest absolute Gasteiger partial charge is 0.356 e. The van der Waals surface area contributed by atoms with Crippen LogP contribution in [-0.4, -0.2) is 29.7 Å². The van der Waals surface area contributed by atoms with Gasteiger partial charge < -0.3 is 10.0 Å². The van der Waals surface area contributed by atoms with Crippen LogP contribution in [0.5, 0.6) is 0 Å². The van der Waals surface area contributed by atoms with E-state index in [2.05, 4.69) is 18.8 Å². The predicted octanol–water partition coefficient (Wildman–Crippen LogP) is 2.53. The molecule has 88 valence electrons. The Morgan fingerprint density at radius 3 is 2.69 bits per heavy atom. The zero-order valence-electron chi connectivity index (χ0n) is 9.57. The quantitative estimate of drug-likeness (QED) is 0.882. The van der Waals surface area contributed by atoms with Crippen LogP contribution < -0.4 is 4.90 Å². The van der Waals surface area contributed by atoms with E-state index in [1.54, 1.807) is 12.1 Å². The second kappa shape index (κ2) is 5.16. The highest BCUT2D eigenvalue weighted by atomic mass is 35.5. The molecule has 5 heteroatoms. The predicted molar refractivity (Wildman–Crippen MR) is 64.3 cm³/mol. The maximum Gasteiger partial charge on any atom is 0.356 e. The molecule has 1 N–H and O–H groups in total. The minimum atomic E-state index is -1.11. The Balaban J connectivity index is 2.98. The molecule has 0 saturated heterocycles. The number of hydrogen-bond acceptors (Lipinski definition) is 3. The van der Waals surface area contributed by atoms with Gasteiger partial charge in [0, 0.05) is 13.6 Å². The van der Waals surface area contributed by atoms with Gasteiger partial charge in [0.15, 0.2) is 5.69 Å². The molecule has 0 aromatic carbocycles. The number of aromatic carboxylic acids is 1. The van der Waals surface area contributed by atoms with E-state index in [9.17, 15) is 4.79 Å². The highest BCUT2D eigenvalue weighted by molar-refractivity contribution is 6.33. The first-order valence-corrected chi connectivity index (χ1v) is 5.40. The van der Waals surface area contributed by atoms with Crippen molar-refractivity contribution >= 4 is 23.4 Å². The van der Waals surface area contributed by atoms with E-state index in [0.717, 1.165) is 6.54 Å². The van der Waals surface area contributed by atoms with Gasteiger partial charge in [-0.15, -0.1) is 0 Å². The Labute approximate surface area is 99.9 Å². The maximum absolute atomic E-state index is 10.9. The molecule has 0 bridgehead atoms. The summed E-state index contributed by atoms with van der Waals surface area (Å²) in [6.45, 7) is 4.99. The fraction of sp³-hybridized carbons (Fsp3) is 0.455. The van der Waals surface area contributed by atoms with Gasteiger partial charge in [-0.3, -0.25) is 0 Å². The van der Waals surface area contributed by atoms with Gasteiger partial charge in [0.25, 0.3) is 0 Å². The lowest BCUT2D eigenvalue weighted by molar-refractivity contribution is 0.0691. The highest BCUT2D eigenvalue weighted by Crippen LogP contribution is 2.19. The van der Waals surface area contributed by atoms with Gasteiger partial charge in [-0.2, -0.15) is 0 Å². The van der Waals surface area contributed by atoms with Crippen LogP contribution >= 0.6 is 11.6 Å². The van der Waals surface area contributed by atoms with Crippen molar-refractivity contribution in [3.8, 4) is 0 Å². The Hall–Kier alpha value is -1.29. The van der Waals surface area contributed by atoms with Gasteiger partial charge >= 0.3 is 5.97 Å². The van der Waals surface area contributed by atoms with Crippen molar-refractivity contribution in [1.29, 1.82) is 0 Å². The molecule has 0 aliphatic heterocycles. The van der Waals surface area contributed by atoms with Crippen LogP contribution in [0, 0.1) is 5.92 Å². The monoisotopic (exact) mass is 242 g/mol. The van der Waals surface area contributed by atoms with Crippen molar-refractivity contribution in [1.82, 2.24) is 4.98 Å². The van der Waals surface area contributed by atoms with E-state index in [1.165, 1.54) is 0 Å². The number of pyridine rings is 1. The number of carbonyl (C=O) groups is 1. The third-order valence-electron chi connectivity index (χ3n) is 2.06. The molecule has 0 unspecified atom stereocenters. The van der Waals surface area contributed by atoms with Gasteiger partial charge in [0.2, 0.25) is 0 Å². The summed E-state index contributed by atoms with van der Waals surface area (Å²) in [6, 6.07) is 3.28. The fourth-order valence-corrected chi connectivity index (χ4v) is 1.62. The zero-order valence-corrected chi connectivity index (χ0v) is 10.3. The van der Waals surface area contributed by atoms with Gasteiger partial charge in [-0.25, -0.2) is 9.78 Å². The van der Waals surface area contributed by atoms with Crippen molar-refractivity contribution < 1.29 is 9.90 Å². The molecule has 1 aromatic rings. The van der Waals surface area contributed by atoms with Crippen LogP contribution in [0.2, 0.25) is 5.02 Å². The van der Waals surface area contributed by atoms with Crippen molar-refractivity contribution in [2.45, 2.75) is 13.8 Å². The van der Waals surface area contributed by atoms with Gasteiger partial charge in [-0.05, 0) is 18.1 Å². The average molecular weight is 243 g/mol. The van der Waals surface area contributed by atoms with Crippen LogP contribution in [0.25, 0.3) is 0 Å². The van der Waals surface area contributed by atoms with E-state index in [-0.39, 0.29) is 10.7 Å². The summed E-state index contributed by atoms with van der Waals surface area (Å²) in [7, 11) is 1.88. The van der Waals surface area contributed by atoms with Crippen molar-refractivity contribution in [2.24, 2.45) is 5.92 Å². The molecule has 0 aliphatic carbocycles. The molecule has 4 nitrogen and oxygen atoms in total. The van der Waals surface area contributed by atoms with Gasteiger partial charge in [-0.1, -0.05) is 25.4 Å². The molecule has 0 amide bonds. The third kappa shape index (κ3) is 3.10. The number of rotatable bonds is 4. The molecule has 16 heavy (non-hydrogen) atoms. The van der Waals surface area contributed by atoms with E-state index in [4.69, 9.17) is 16.7 Å². The topological polar surface area (TPSA) is 53.4 Å². The lowest BCUT2D eigenvalue weighted by Crippen LogP contribution is -2.24. The first kappa shape index (κ1) is 12.8. The number of hydrogen-bond donors (Lipinski definition) is 1. The molecular formula is C11H15ClN2O2. The summed E-state index contributed by atoms with van der Waals surface area (Å²) in [4.78, 5) is 16.8. The molecule has 0 saturated carbocycles. The highest BCUT2D eigenvalue weighted by Gasteiger charge is 2.13. The molecular weight excluding hydrogens is 228 g/mol. The number of anilines is 1. The maximum atomic E-state index is 10.9. The van der Waals surface area contributed by atoms with Crippen molar-refractivity contribution in [3.05, 3.63) is 22.8 Å². The minimum Gasteiger partial charge on any atom is -0.476 e. The minimum absolute atomic E-state index is 0.102. The van der Waals surface area contributed by atoms with Crippen LogP contribution in [-0.2, 0) is 0 Å². The summed E-state index contributed by atoms with van der Waals surface area (Å²) in [5.41, 5.74) is -0.102. The average Bonchev–Trinajstić information content (AvgIpc) is 2.16. The fourth-order valence-electron chi connectivity index (χ4n) is 1.44. The molecule has 1 rings (SSSR count). The zero-order chi connectivity index (χ0) is 12.3. The molecule has 1 heterocycles. The van der Waals surface area contributed by atoms with Crippen LogP contribution in [0.15, 0.2) is 12.1 Å². The van der Waals surface area contributed by atoms with E-state index < -0.39 is 5.97 Å². The molecule has 0 fully saturated rings. The van der Waals surface area contributed by atoms with E-state index in [1.807, 2.05) is 11.9 Å². The van der Waals surface area contributed by atoms with Gasteiger partial charge in [0.1, 0.15) is 5.82 Å². The largest absolute Gasteiger partial charge is 0.476 e. The number of halogens is 1. The summed E-state index contributed by atoms with van der Waals surface area (Å²) < 4.78 is 0. The number of nitrogens with zero attached hydrogens (tertiary/aromatic N) is 2.